The summed E-state index contributed by atoms with van der Waals surface area (Å²) in [7, 11) is 0. The van der Waals surface area contributed by atoms with Gasteiger partial charge in [-0.1, -0.05) is 54.6 Å². The van der Waals surface area contributed by atoms with E-state index in [2.05, 4.69) is 59.1 Å². The molecule has 0 aliphatic heterocycles. The number of carbonyl (C=O) groups is 1. The minimum atomic E-state index is -0.557. The minimum Gasteiger partial charge on any atom is -0.274 e. The second kappa shape index (κ2) is 5.23. The molecule has 4 aromatic rings. The van der Waals surface area contributed by atoms with Gasteiger partial charge in [-0.3, -0.25) is 5.43 Å². The van der Waals surface area contributed by atoms with Crippen LogP contribution in [0.15, 0.2) is 59.7 Å². The summed E-state index contributed by atoms with van der Waals surface area (Å²) in [5, 5.41) is 11.1. The zero-order chi connectivity index (χ0) is 15.8. The molecule has 0 atom stereocenters. The Balaban J connectivity index is 1.94. The standard InChI is InChI=1S/C18H14N4O/c19-21-18(23)22-20-10-14-7-6-13-5-4-11-2-1-3-12-8-9-15(14)17(13)16(11)12/h1-10H,19H2,(H2,21,22,23)/b20-10+. The van der Waals surface area contributed by atoms with Gasteiger partial charge in [-0.2, -0.15) is 5.10 Å². The van der Waals surface area contributed by atoms with Crippen molar-refractivity contribution in [3.8, 4) is 0 Å². The van der Waals surface area contributed by atoms with Gasteiger partial charge in [0.25, 0.3) is 0 Å². The zero-order valence-electron chi connectivity index (χ0n) is 12.2. The van der Waals surface area contributed by atoms with Crippen LogP contribution in [0.1, 0.15) is 5.56 Å². The number of nitrogens with two attached hydrogens (primary N) is 1. The van der Waals surface area contributed by atoms with E-state index in [9.17, 15) is 4.79 Å². The summed E-state index contributed by atoms with van der Waals surface area (Å²) >= 11 is 0. The number of amides is 2. The summed E-state index contributed by atoms with van der Waals surface area (Å²) in [6, 6.07) is 18.3. The van der Waals surface area contributed by atoms with Crippen molar-refractivity contribution in [2.75, 3.05) is 0 Å². The fourth-order valence-corrected chi connectivity index (χ4v) is 3.06. The van der Waals surface area contributed by atoms with Crippen molar-refractivity contribution in [2.24, 2.45) is 10.9 Å². The van der Waals surface area contributed by atoms with Gasteiger partial charge in [0.05, 0.1) is 6.21 Å². The van der Waals surface area contributed by atoms with Crippen LogP contribution in [0.5, 0.6) is 0 Å². The van der Waals surface area contributed by atoms with E-state index >= 15 is 0 Å². The third kappa shape index (κ3) is 2.15. The first-order valence-electron chi connectivity index (χ1n) is 7.24. The van der Waals surface area contributed by atoms with E-state index in [-0.39, 0.29) is 0 Å². The molecule has 0 heterocycles. The highest BCUT2D eigenvalue weighted by Gasteiger charge is 2.09. The van der Waals surface area contributed by atoms with Gasteiger partial charge < -0.3 is 0 Å². The molecular weight excluding hydrogens is 288 g/mol. The Morgan fingerprint density at radius 1 is 0.913 bits per heavy atom. The van der Waals surface area contributed by atoms with E-state index in [1.165, 1.54) is 26.9 Å². The minimum absolute atomic E-state index is 0.557. The van der Waals surface area contributed by atoms with Crippen molar-refractivity contribution in [3.63, 3.8) is 0 Å². The van der Waals surface area contributed by atoms with Crippen LogP contribution in [0.2, 0.25) is 0 Å². The molecule has 0 fully saturated rings. The maximum Gasteiger partial charge on any atom is 0.349 e. The molecule has 0 radical (unpaired) electrons. The van der Waals surface area contributed by atoms with Crippen molar-refractivity contribution < 1.29 is 4.79 Å². The number of hydrogen-bond acceptors (Lipinski definition) is 3. The van der Waals surface area contributed by atoms with Crippen molar-refractivity contribution in [3.05, 3.63) is 60.2 Å². The van der Waals surface area contributed by atoms with Crippen molar-refractivity contribution >= 4 is 44.6 Å². The van der Waals surface area contributed by atoms with E-state index in [0.29, 0.717) is 0 Å². The molecule has 0 saturated carbocycles. The summed E-state index contributed by atoms with van der Waals surface area (Å²) < 4.78 is 0. The van der Waals surface area contributed by atoms with Crippen LogP contribution in [0.4, 0.5) is 4.79 Å². The summed E-state index contributed by atoms with van der Waals surface area (Å²) in [6.45, 7) is 0. The van der Waals surface area contributed by atoms with E-state index in [1.807, 2.05) is 11.5 Å². The van der Waals surface area contributed by atoms with Gasteiger partial charge in [-0.05, 0) is 32.3 Å². The molecular formula is C18H14N4O. The van der Waals surface area contributed by atoms with Crippen molar-refractivity contribution in [1.29, 1.82) is 0 Å². The molecule has 0 bridgehead atoms. The number of hydrazone groups is 1. The summed E-state index contributed by atoms with van der Waals surface area (Å²) in [6.07, 6.45) is 1.63. The van der Waals surface area contributed by atoms with Gasteiger partial charge in [0.15, 0.2) is 0 Å². The Bertz CT molecular complexity index is 1040. The highest BCUT2D eigenvalue weighted by molar-refractivity contribution is 6.25. The van der Waals surface area contributed by atoms with Gasteiger partial charge in [0, 0.05) is 5.56 Å². The predicted molar refractivity (Wildman–Crippen MR) is 93.6 cm³/mol. The highest BCUT2D eigenvalue weighted by Crippen LogP contribution is 2.35. The van der Waals surface area contributed by atoms with E-state index in [4.69, 9.17) is 5.84 Å². The van der Waals surface area contributed by atoms with Crippen LogP contribution in [0, 0.1) is 0 Å². The molecule has 0 aliphatic rings. The molecule has 0 aromatic heterocycles. The normalized spacial score (nSPS) is 11.7. The van der Waals surface area contributed by atoms with Crippen molar-refractivity contribution in [1.82, 2.24) is 10.9 Å². The molecule has 2 amide bonds. The zero-order valence-corrected chi connectivity index (χ0v) is 12.2. The monoisotopic (exact) mass is 302 g/mol. The second-order valence-corrected chi connectivity index (χ2v) is 5.35. The number of benzene rings is 4. The third-order valence-corrected chi connectivity index (χ3v) is 4.06. The van der Waals surface area contributed by atoms with Crippen molar-refractivity contribution in [2.45, 2.75) is 0 Å². The van der Waals surface area contributed by atoms with Crippen LogP contribution in [-0.2, 0) is 0 Å². The first-order valence-corrected chi connectivity index (χ1v) is 7.24. The number of carbonyl (C=O) groups excluding carboxylic acids is 1. The average molecular weight is 302 g/mol. The number of nitrogens with zero attached hydrogens (tertiary/aromatic N) is 1. The molecule has 5 heteroatoms. The Morgan fingerprint density at radius 2 is 1.57 bits per heavy atom. The lowest BCUT2D eigenvalue weighted by Crippen LogP contribution is -2.37. The van der Waals surface area contributed by atoms with E-state index < -0.39 is 6.03 Å². The molecule has 0 unspecified atom stereocenters. The average Bonchev–Trinajstić information content (AvgIpc) is 2.60. The molecule has 4 aromatic carbocycles. The molecule has 112 valence electrons. The van der Waals surface area contributed by atoms with Gasteiger partial charge in [-0.15, -0.1) is 0 Å². The SMILES string of the molecule is NNC(=O)N/N=C/c1ccc2ccc3cccc4ccc1c2c34. The third-order valence-electron chi connectivity index (χ3n) is 4.06. The molecule has 4 N–H and O–H groups in total. The lowest BCUT2D eigenvalue weighted by molar-refractivity contribution is 0.241. The quantitative estimate of drug-likeness (QED) is 0.175. The first kappa shape index (κ1) is 13.5. The van der Waals surface area contributed by atoms with Gasteiger partial charge >= 0.3 is 6.03 Å². The second-order valence-electron chi connectivity index (χ2n) is 5.35. The Labute approximate surface area is 132 Å². The number of hydrazine groups is 1. The van der Waals surface area contributed by atoms with Gasteiger partial charge in [0.1, 0.15) is 0 Å². The van der Waals surface area contributed by atoms with Crippen LogP contribution in [-0.4, -0.2) is 12.2 Å². The Kier molecular flexibility index (Phi) is 3.06. The maximum absolute atomic E-state index is 11.1. The Hall–Kier alpha value is -3.18. The predicted octanol–water partition coefficient (Wildman–Crippen LogP) is 3.09. The smallest absolute Gasteiger partial charge is 0.274 e. The summed E-state index contributed by atoms with van der Waals surface area (Å²) in [5.41, 5.74) is 5.21. The lowest BCUT2D eigenvalue weighted by Gasteiger charge is -2.12. The lowest BCUT2D eigenvalue weighted by atomic mass is 9.92. The van der Waals surface area contributed by atoms with E-state index in [0.717, 1.165) is 10.9 Å². The number of urea groups is 1. The van der Waals surface area contributed by atoms with Gasteiger partial charge in [0.2, 0.25) is 0 Å². The molecule has 4 rings (SSSR count). The van der Waals surface area contributed by atoms with Crippen LogP contribution in [0.3, 0.4) is 0 Å². The number of hydrogen-bond donors (Lipinski definition) is 3. The molecule has 0 spiro atoms. The molecule has 0 aliphatic carbocycles. The molecule has 23 heavy (non-hydrogen) atoms. The van der Waals surface area contributed by atoms with Crippen LogP contribution < -0.4 is 16.7 Å². The number of rotatable bonds is 2. The topological polar surface area (TPSA) is 79.5 Å². The summed E-state index contributed by atoms with van der Waals surface area (Å²) in [4.78, 5) is 11.1. The largest absolute Gasteiger partial charge is 0.349 e. The highest BCUT2D eigenvalue weighted by atomic mass is 16.2. The first-order chi connectivity index (χ1) is 11.3. The van der Waals surface area contributed by atoms with Crippen LogP contribution in [0.25, 0.3) is 32.3 Å². The fourth-order valence-electron chi connectivity index (χ4n) is 3.06. The number of nitrogens with one attached hydrogen (secondary N) is 2. The maximum atomic E-state index is 11.1. The van der Waals surface area contributed by atoms with Crippen LogP contribution >= 0.6 is 0 Å². The Morgan fingerprint density at radius 3 is 2.30 bits per heavy atom. The summed E-state index contributed by atoms with van der Waals surface area (Å²) in [5.74, 6) is 5.00. The molecule has 0 saturated heterocycles. The molecule has 5 nitrogen and oxygen atoms in total. The fraction of sp³-hybridized carbons (Fsp3) is 0. The van der Waals surface area contributed by atoms with Gasteiger partial charge in [-0.25, -0.2) is 16.1 Å². The van der Waals surface area contributed by atoms with E-state index in [1.54, 1.807) is 6.21 Å².